The van der Waals surface area contributed by atoms with E-state index in [4.69, 9.17) is 17.0 Å². The van der Waals surface area contributed by atoms with Crippen LogP contribution in [0.1, 0.15) is 5.69 Å². The molecule has 5 nitrogen and oxygen atoms in total. The number of rotatable bonds is 2. The monoisotopic (exact) mass is 234 g/mol. The number of nitrogens with one attached hydrogen (secondary N) is 1. The molecule has 0 aromatic carbocycles. The van der Waals surface area contributed by atoms with Crippen molar-refractivity contribution in [3.8, 4) is 17.4 Å². The zero-order valence-electron chi connectivity index (χ0n) is 8.89. The predicted octanol–water partition coefficient (Wildman–Crippen LogP) is 1.91. The van der Waals surface area contributed by atoms with E-state index in [2.05, 4.69) is 19.9 Å². The van der Waals surface area contributed by atoms with Gasteiger partial charge in [-0.05, 0) is 31.3 Å². The number of aryl methyl sites for hydroxylation is 1. The molecular weight excluding hydrogens is 224 g/mol. The molecule has 0 spiro atoms. The fourth-order valence-electron chi connectivity index (χ4n) is 1.29. The lowest BCUT2D eigenvalue weighted by atomic mass is 10.2. The number of pyridine rings is 1. The van der Waals surface area contributed by atoms with Crippen LogP contribution in [-0.4, -0.2) is 27.0 Å². The third kappa shape index (κ3) is 2.22. The topological polar surface area (TPSA) is 63.7 Å². The van der Waals surface area contributed by atoms with Crippen molar-refractivity contribution in [1.29, 1.82) is 0 Å². The molecule has 0 radical (unpaired) electrons. The Morgan fingerprint density at radius 1 is 1.38 bits per heavy atom. The van der Waals surface area contributed by atoms with Crippen LogP contribution in [-0.2, 0) is 0 Å². The van der Waals surface area contributed by atoms with Crippen LogP contribution in [0.5, 0.6) is 6.01 Å². The number of aromatic nitrogens is 4. The molecule has 0 saturated carbocycles. The van der Waals surface area contributed by atoms with Crippen molar-refractivity contribution in [1.82, 2.24) is 19.9 Å². The summed E-state index contributed by atoms with van der Waals surface area (Å²) in [5.41, 5.74) is 1.81. The second-order valence-corrected chi connectivity index (χ2v) is 3.54. The van der Waals surface area contributed by atoms with Crippen LogP contribution in [0.4, 0.5) is 0 Å². The standard InChI is InChI=1S/C10H10N4OS/c1-6-5-7(3-4-11-6)8-12-9(15-2)14-10(16)13-8/h3-5H,1-2H3,(H,12,13,14,16). The zero-order chi connectivity index (χ0) is 11.5. The van der Waals surface area contributed by atoms with E-state index >= 15 is 0 Å². The van der Waals surface area contributed by atoms with E-state index in [-0.39, 0.29) is 4.77 Å². The molecular formula is C10H10N4OS. The summed E-state index contributed by atoms with van der Waals surface area (Å²) >= 11 is 4.95. The Kier molecular flexibility index (Phi) is 2.91. The van der Waals surface area contributed by atoms with E-state index in [0.717, 1.165) is 11.3 Å². The van der Waals surface area contributed by atoms with Gasteiger partial charge in [0.15, 0.2) is 0 Å². The van der Waals surface area contributed by atoms with Crippen LogP contribution >= 0.6 is 12.2 Å². The minimum Gasteiger partial charge on any atom is -0.468 e. The second kappa shape index (κ2) is 4.36. The maximum Gasteiger partial charge on any atom is 0.297 e. The SMILES string of the molecule is COc1nc(=S)nc(-c2ccnc(C)c2)[nH]1. The van der Waals surface area contributed by atoms with Crippen LogP contribution in [0.2, 0.25) is 0 Å². The van der Waals surface area contributed by atoms with Crippen LogP contribution < -0.4 is 4.74 Å². The van der Waals surface area contributed by atoms with Gasteiger partial charge in [-0.15, -0.1) is 0 Å². The summed E-state index contributed by atoms with van der Waals surface area (Å²) in [5.74, 6) is 0.627. The van der Waals surface area contributed by atoms with Gasteiger partial charge in [-0.1, -0.05) is 0 Å². The maximum atomic E-state index is 5.00. The van der Waals surface area contributed by atoms with E-state index in [1.54, 1.807) is 6.20 Å². The fraction of sp³-hybridized carbons (Fsp3) is 0.200. The largest absolute Gasteiger partial charge is 0.468 e. The lowest BCUT2D eigenvalue weighted by Gasteiger charge is -2.03. The fourth-order valence-corrected chi connectivity index (χ4v) is 1.47. The Morgan fingerprint density at radius 3 is 2.88 bits per heavy atom. The molecule has 0 atom stereocenters. The molecule has 0 amide bonds. The molecule has 0 saturated heterocycles. The summed E-state index contributed by atoms with van der Waals surface area (Å²) in [5, 5.41) is 0. The molecule has 6 heteroatoms. The quantitative estimate of drug-likeness (QED) is 0.804. The van der Waals surface area contributed by atoms with Crippen molar-refractivity contribution in [2.75, 3.05) is 7.11 Å². The van der Waals surface area contributed by atoms with E-state index in [1.165, 1.54) is 7.11 Å². The molecule has 2 rings (SSSR count). The summed E-state index contributed by atoms with van der Waals surface area (Å²) in [6.07, 6.45) is 1.72. The van der Waals surface area contributed by atoms with Crippen LogP contribution in [0.25, 0.3) is 11.4 Å². The first kappa shape index (κ1) is 10.7. The summed E-state index contributed by atoms with van der Waals surface area (Å²) < 4.78 is 5.25. The van der Waals surface area contributed by atoms with Crippen molar-refractivity contribution in [3.05, 3.63) is 28.8 Å². The van der Waals surface area contributed by atoms with Crippen molar-refractivity contribution >= 4 is 12.2 Å². The van der Waals surface area contributed by atoms with Crippen molar-refractivity contribution in [3.63, 3.8) is 0 Å². The number of ether oxygens (including phenoxy) is 1. The minimum atomic E-state index is 0.250. The van der Waals surface area contributed by atoms with Gasteiger partial charge in [0.1, 0.15) is 5.82 Å². The molecule has 0 aliphatic heterocycles. The molecule has 0 bridgehead atoms. The van der Waals surface area contributed by atoms with Gasteiger partial charge >= 0.3 is 0 Å². The molecule has 0 aliphatic rings. The number of nitrogens with zero attached hydrogens (tertiary/aromatic N) is 3. The van der Waals surface area contributed by atoms with Gasteiger partial charge in [-0.3, -0.25) is 9.97 Å². The molecule has 2 aromatic heterocycles. The first-order chi connectivity index (χ1) is 7.69. The lowest BCUT2D eigenvalue weighted by Crippen LogP contribution is -1.98. The van der Waals surface area contributed by atoms with Crippen LogP contribution in [0.15, 0.2) is 18.3 Å². The predicted molar refractivity (Wildman–Crippen MR) is 61.7 cm³/mol. The van der Waals surface area contributed by atoms with Crippen molar-refractivity contribution in [2.24, 2.45) is 0 Å². The number of methoxy groups -OCH3 is 1. The average Bonchev–Trinajstić information content (AvgIpc) is 2.28. The Hall–Kier alpha value is -1.82. The molecule has 82 valence electrons. The maximum absolute atomic E-state index is 5.00. The molecule has 0 aliphatic carbocycles. The van der Waals surface area contributed by atoms with Crippen molar-refractivity contribution < 1.29 is 4.74 Å². The Labute approximate surface area is 97.6 Å². The van der Waals surface area contributed by atoms with E-state index < -0.39 is 0 Å². The summed E-state index contributed by atoms with van der Waals surface area (Å²) in [6.45, 7) is 1.91. The summed E-state index contributed by atoms with van der Waals surface area (Å²) in [4.78, 5) is 15.1. The van der Waals surface area contributed by atoms with Gasteiger partial charge in [-0.2, -0.15) is 4.98 Å². The third-order valence-corrected chi connectivity index (χ3v) is 2.18. The Bertz CT molecular complexity index is 567. The highest BCUT2D eigenvalue weighted by Gasteiger charge is 2.03. The van der Waals surface area contributed by atoms with Gasteiger partial charge in [0.25, 0.3) is 6.01 Å². The second-order valence-electron chi connectivity index (χ2n) is 3.17. The molecule has 0 unspecified atom stereocenters. The van der Waals surface area contributed by atoms with Gasteiger partial charge in [0, 0.05) is 17.5 Å². The highest BCUT2D eigenvalue weighted by atomic mass is 32.1. The average molecular weight is 234 g/mol. The molecule has 1 N–H and O–H groups in total. The zero-order valence-corrected chi connectivity index (χ0v) is 9.71. The van der Waals surface area contributed by atoms with Gasteiger partial charge < -0.3 is 4.74 Å². The third-order valence-electron chi connectivity index (χ3n) is 1.99. The summed E-state index contributed by atoms with van der Waals surface area (Å²) in [6, 6.07) is 4.11. The highest BCUT2D eigenvalue weighted by molar-refractivity contribution is 7.71. The van der Waals surface area contributed by atoms with Crippen LogP contribution in [0, 0.1) is 11.7 Å². The number of hydrogen-bond donors (Lipinski definition) is 1. The Balaban J connectivity index is 2.55. The van der Waals surface area contributed by atoms with E-state index in [1.807, 2.05) is 19.1 Å². The highest BCUT2D eigenvalue weighted by Crippen LogP contribution is 2.15. The number of hydrogen-bond acceptors (Lipinski definition) is 5. The smallest absolute Gasteiger partial charge is 0.297 e. The minimum absolute atomic E-state index is 0.250. The first-order valence-electron chi connectivity index (χ1n) is 4.64. The van der Waals surface area contributed by atoms with Crippen LogP contribution in [0.3, 0.4) is 0 Å². The normalized spacial score (nSPS) is 10.1. The number of aromatic amines is 1. The molecule has 16 heavy (non-hydrogen) atoms. The summed E-state index contributed by atoms with van der Waals surface area (Å²) in [7, 11) is 1.52. The van der Waals surface area contributed by atoms with Gasteiger partial charge in [-0.25, -0.2) is 4.98 Å². The van der Waals surface area contributed by atoms with E-state index in [0.29, 0.717) is 11.8 Å². The number of H-pyrrole nitrogens is 1. The Morgan fingerprint density at radius 2 is 2.19 bits per heavy atom. The molecule has 2 heterocycles. The lowest BCUT2D eigenvalue weighted by molar-refractivity contribution is 0.378. The van der Waals surface area contributed by atoms with Gasteiger partial charge in [0.05, 0.1) is 7.11 Å². The van der Waals surface area contributed by atoms with E-state index in [9.17, 15) is 0 Å². The molecule has 2 aromatic rings. The molecule has 0 fully saturated rings. The van der Waals surface area contributed by atoms with Crippen molar-refractivity contribution in [2.45, 2.75) is 6.92 Å². The first-order valence-corrected chi connectivity index (χ1v) is 5.05. The van der Waals surface area contributed by atoms with Gasteiger partial charge in [0.2, 0.25) is 4.77 Å².